The Hall–Kier alpha value is -1.72. The van der Waals surface area contributed by atoms with E-state index < -0.39 is 12.1 Å². The van der Waals surface area contributed by atoms with Gasteiger partial charge < -0.3 is 9.64 Å². The van der Waals surface area contributed by atoms with Crippen LogP contribution in [-0.2, 0) is 14.3 Å². The van der Waals surface area contributed by atoms with Crippen molar-refractivity contribution in [2.75, 3.05) is 12.8 Å². The Bertz CT molecular complexity index is 846. The maximum atomic E-state index is 12.6. The molecule has 2 aromatic carbocycles. The monoisotopic (exact) mass is 419 g/mol. The molecule has 0 aliphatic heterocycles. The predicted octanol–water partition coefficient (Wildman–Crippen LogP) is 5.31. The zero-order valence-corrected chi connectivity index (χ0v) is 17.9. The number of ether oxygens (including phenoxy) is 1. The van der Waals surface area contributed by atoms with E-state index in [4.69, 9.17) is 16.3 Å². The molecule has 1 aliphatic carbocycles. The van der Waals surface area contributed by atoms with E-state index in [-0.39, 0.29) is 17.7 Å². The summed E-state index contributed by atoms with van der Waals surface area (Å²) in [5, 5.41) is 2.63. The fourth-order valence-corrected chi connectivity index (χ4v) is 4.96. The number of carbonyl (C=O) groups is 2. The first-order chi connectivity index (χ1) is 13.5. The van der Waals surface area contributed by atoms with Crippen LogP contribution in [0.4, 0.5) is 0 Å². The van der Waals surface area contributed by atoms with E-state index in [0.29, 0.717) is 5.02 Å². The van der Waals surface area contributed by atoms with Gasteiger partial charge in [-0.15, -0.1) is 11.8 Å². The molecule has 1 fully saturated rings. The number of rotatable bonds is 6. The van der Waals surface area contributed by atoms with Crippen LogP contribution >= 0.6 is 23.4 Å². The lowest BCUT2D eigenvalue weighted by Crippen LogP contribution is -2.44. The average Bonchev–Trinajstić information content (AvgIpc) is 2.71. The Morgan fingerprint density at radius 3 is 2.57 bits per heavy atom. The summed E-state index contributed by atoms with van der Waals surface area (Å²) in [5.74, 6) is -0.389. The number of hydrogen-bond donors (Lipinski definition) is 0. The minimum Gasteiger partial charge on any atom is -0.452 e. The van der Waals surface area contributed by atoms with Gasteiger partial charge in [0, 0.05) is 28.4 Å². The van der Waals surface area contributed by atoms with E-state index in [2.05, 4.69) is 0 Å². The molecule has 28 heavy (non-hydrogen) atoms. The standard InChI is InChI=1S/C22H26ClNO3S/c1-15(22(26)24(2)17-10-4-3-5-11-17)27-20(25)14-28-19-13-7-9-16-8-6-12-18(23)21(16)19/h6-9,12-13,15,17H,3-5,10-11,14H2,1-2H3/t15-/m1/s1. The third kappa shape index (κ3) is 5.00. The third-order valence-corrected chi connectivity index (χ3v) is 6.63. The zero-order valence-electron chi connectivity index (χ0n) is 16.3. The molecule has 0 aromatic heterocycles. The Labute approximate surface area is 175 Å². The van der Waals surface area contributed by atoms with E-state index in [9.17, 15) is 9.59 Å². The highest BCUT2D eigenvalue weighted by atomic mass is 35.5. The van der Waals surface area contributed by atoms with E-state index in [1.807, 2.05) is 43.4 Å². The van der Waals surface area contributed by atoms with Crippen molar-refractivity contribution in [2.24, 2.45) is 0 Å². The first-order valence-corrected chi connectivity index (χ1v) is 11.1. The number of fused-ring (bicyclic) bond motifs is 1. The van der Waals surface area contributed by atoms with E-state index in [1.54, 1.807) is 11.8 Å². The highest BCUT2D eigenvalue weighted by molar-refractivity contribution is 8.00. The predicted molar refractivity (Wildman–Crippen MR) is 115 cm³/mol. The van der Waals surface area contributed by atoms with E-state index >= 15 is 0 Å². The number of nitrogens with zero attached hydrogens (tertiary/aromatic N) is 1. The second-order valence-electron chi connectivity index (χ2n) is 7.26. The number of amides is 1. The van der Waals surface area contributed by atoms with Gasteiger partial charge in [0.05, 0.1) is 5.75 Å². The lowest BCUT2D eigenvalue weighted by molar-refractivity contribution is -0.157. The van der Waals surface area contributed by atoms with Gasteiger partial charge in [-0.3, -0.25) is 9.59 Å². The van der Waals surface area contributed by atoms with Crippen LogP contribution in [0.25, 0.3) is 10.8 Å². The smallest absolute Gasteiger partial charge is 0.317 e. The van der Waals surface area contributed by atoms with Crippen LogP contribution < -0.4 is 0 Å². The molecule has 1 atom stereocenters. The van der Waals surface area contributed by atoms with Crippen LogP contribution in [0.2, 0.25) is 5.02 Å². The highest BCUT2D eigenvalue weighted by Gasteiger charge is 2.27. The van der Waals surface area contributed by atoms with Crippen LogP contribution in [0.1, 0.15) is 39.0 Å². The van der Waals surface area contributed by atoms with Gasteiger partial charge in [-0.2, -0.15) is 0 Å². The molecule has 0 heterocycles. The number of carbonyl (C=O) groups excluding carboxylic acids is 2. The number of halogens is 1. The van der Waals surface area contributed by atoms with Gasteiger partial charge in [-0.25, -0.2) is 0 Å². The molecule has 0 unspecified atom stereocenters. The minimum atomic E-state index is -0.767. The molecule has 150 valence electrons. The molecular weight excluding hydrogens is 394 g/mol. The molecule has 0 saturated heterocycles. The lowest BCUT2D eigenvalue weighted by Gasteiger charge is -2.32. The Kier molecular flexibility index (Phi) is 7.24. The second kappa shape index (κ2) is 9.66. The summed E-state index contributed by atoms with van der Waals surface area (Å²) in [5.41, 5.74) is 0. The zero-order chi connectivity index (χ0) is 20.1. The lowest BCUT2D eigenvalue weighted by atomic mass is 9.94. The molecule has 0 spiro atoms. The molecule has 3 rings (SSSR count). The van der Waals surface area contributed by atoms with Gasteiger partial charge in [0.1, 0.15) is 0 Å². The topological polar surface area (TPSA) is 46.6 Å². The molecule has 1 aliphatic rings. The summed E-state index contributed by atoms with van der Waals surface area (Å²) in [6.07, 6.45) is 4.83. The maximum absolute atomic E-state index is 12.6. The fourth-order valence-electron chi connectivity index (χ4n) is 3.74. The molecule has 4 nitrogen and oxygen atoms in total. The van der Waals surface area contributed by atoms with Crippen molar-refractivity contribution >= 4 is 46.0 Å². The molecule has 2 aromatic rings. The minimum absolute atomic E-state index is 0.126. The quantitative estimate of drug-likeness (QED) is 0.470. The van der Waals surface area contributed by atoms with Crippen LogP contribution in [0.3, 0.4) is 0 Å². The molecule has 0 N–H and O–H groups in total. The number of esters is 1. The number of thioether (sulfide) groups is 1. The van der Waals surface area contributed by atoms with Crippen molar-refractivity contribution in [2.45, 2.75) is 56.1 Å². The van der Waals surface area contributed by atoms with Crippen LogP contribution in [0.15, 0.2) is 41.3 Å². The summed E-state index contributed by atoms with van der Waals surface area (Å²) >= 11 is 7.71. The first kappa shape index (κ1) is 21.0. The Morgan fingerprint density at radius 2 is 1.86 bits per heavy atom. The summed E-state index contributed by atoms with van der Waals surface area (Å²) in [6.45, 7) is 1.65. The molecule has 0 bridgehead atoms. The Balaban J connectivity index is 1.56. The summed E-state index contributed by atoms with van der Waals surface area (Å²) in [6, 6.07) is 11.9. The van der Waals surface area contributed by atoms with Gasteiger partial charge in [0.15, 0.2) is 6.10 Å². The normalized spacial score (nSPS) is 16.0. The van der Waals surface area contributed by atoms with Gasteiger partial charge in [-0.05, 0) is 37.3 Å². The summed E-state index contributed by atoms with van der Waals surface area (Å²) < 4.78 is 5.40. The second-order valence-corrected chi connectivity index (χ2v) is 8.68. The Morgan fingerprint density at radius 1 is 1.18 bits per heavy atom. The first-order valence-electron chi connectivity index (χ1n) is 9.73. The van der Waals surface area contributed by atoms with Gasteiger partial charge in [0.2, 0.25) is 0 Å². The van der Waals surface area contributed by atoms with Gasteiger partial charge in [0.25, 0.3) is 5.91 Å². The van der Waals surface area contributed by atoms with Crippen molar-refractivity contribution in [3.63, 3.8) is 0 Å². The molecule has 1 amide bonds. The largest absolute Gasteiger partial charge is 0.452 e. The maximum Gasteiger partial charge on any atom is 0.317 e. The number of hydrogen-bond acceptors (Lipinski definition) is 4. The van der Waals surface area contributed by atoms with Crippen molar-refractivity contribution in [1.29, 1.82) is 0 Å². The fraction of sp³-hybridized carbons (Fsp3) is 0.455. The molecule has 1 saturated carbocycles. The van der Waals surface area contributed by atoms with Crippen LogP contribution in [-0.4, -0.2) is 41.7 Å². The van der Waals surface area contributed by atoms with Crippen LogP contribution in [0.5, 0.6) is 0 Å². The van der Waals surface area contributed by atoms with Crippen molar-refractivity contribution < 1.29 is 14.3 Å². The molecular formula is C22H26ClNO3S. The van der Waals surface area contributed by atoms with Crippen molar-refractivity contribution in [3.05, 3.63) is 41.4 Å². The van der Waals surface area contributed by atoms with Crippen LogP contribution in [0, 0.1) is 0 Å². The highest BCUT2D eigenvalue weighted by Crippen LogP contribution is 2.33. The summed E-state index contributed by atoms with van der Waals surface area (Å²) in [7, 11) is 1.81. The SMILES string of the molecule is C[C@@H](OC(=O)CSc1cccc2cccc(Cl)c12)C(=O)N(C)C1CCCCC1. The number of benzene rings is 2. The summed E-state index contributed by atoms with van der Waals surface area (Å²) in [4.78, 5) is 27.6. The van der Waals surface area contributed by atoms with E-state index in [0.717, 1.165) is 41.4 Å². The van der Waals surface area contributed by atoms with E-state index in [1.165, 1.54) is 18.2 Å². The third-order valence-electron chi connectivity index (χ3n) is 5.29. The molecule has 6 heteroatoms. The molecule has 0 radical (unpaired) electrons. The van der Waals surface area contributed by atoms with Crippen molar-refractivity contribution in [3.8, 4) is 0 Å². The number of likely N-dealkylation sites (N-methyl/N-ethyl adjacent to an activating group) is 1. The average molecular weight is 420 g/mol. The van der Waals surface area contributed by atoms with Crippen molar-refractivity contribution in [1.82, 2.24) is 4.90 Å². The van der Waals surface area contributed by atoms with Gasteiger partial charge >= 0.3 is 5.97 Å². The van der Waals surface area contributed by atoms with Gasteiger partial charge in [-0.1, -0.05) is 55.1 Å².